The van der Waals surface area contributed by atoms with Crippen molar-refractivity contribution in [3.63, 3.8) is 0 Å². The van der Waals surface area contributed by atoms with Crippen LogP contribution >= 0.6 is 0 Å². The summed E-state index contributed by atoms with van der Waals surface area (Å²) >= 11 is 0. The zero-order valence-corrected chi connectivity index (χ0v) is 12.1. The number of aryl methyl sites for hydroxylation is 1. The number of rotatable bonds is 5. The van der Waals surface area contributed by atoms with E-state index in [2.05, 4.69) is 0 Å². The van der Waals surface area contributed by atoms with Gasteiger partial charge in [0.1, 0.15) is 12.4 Å². The first-order valence-corrected chi connectivity index (χ1v) is 7.90. The summed E-state index contributed by atoms with van der Waals surface area (Å²) in [7, 11) is -3.31. The largest absolute Gasteiger partial charge is 0.493 e. The third kappa shape index (κ3) is 3.74. The van der Waals surface area contributed by atoms with Gasteiger partial charge in [0.15, 0.2) is 9.84 Å². The number of hydrogen-bond donors (Lipinski definition) is 1. The van der Waals surface area contributed by atoms with Crippen LogP contribution in [0.5, 0.6) is 5.75 Å². The van der Waals surface area contributed by atoms with Crippen molar-refractivity contribution in [3.8, 4) is 5.75 Å². The number of anilines is 1. The van der Waals surface area contributed by atoms with Crippen LogP contribution in [0.3, 0.4) is 0 Å². The maximum absolute atomic E-state index is 12.1. The number of hydrogen-bond acceptors (Lipinski definition) is 4. The summed E-state index contributed by atoms with van der Waals surface area (Å²) in [5, 5.41) is 0. The first kappa shape index (κ1) is 14.4. The van der Waals surface area contributed by atoms with Crippen molar-refractivity contribution in [3.05, 3.63) is 54.1 Å². The van der Waals surface area contributed by atoms with Gasteiger partial charge in [-0.3, -0.25) is 0 Å². The van der Waals surface area contributed by atoms with Crippen LogP contribution in [0.1, 0.15) is 5.56 Å². The molecule has 0 bridgehead atoms. The van der Waals surface area contributed by atoms with Crippen LogP contribution in [0.15, 0.2) is 53.4 Å². The van der Waals surface area contributed by atoms with Gasteiger partial charge in [0.25, 0.3) is 0 Å². The van der Waals surface area contributed by atoms with Crippen molar-refractivity contribution < 1.29 is 13.2 Å². The number of ether oxygens (including phenoxy) is 1. The van der Waals surface area contributed by atoms with E-state index < -0.39 is 9.84 Å². The number of nitrogens with two attached hydrogens (primary N) is 1. The quantitative estimate of drug-likeness (QED) is 0.859. The SMILES string of the molecule is Cc1ccc(S(=O)(=O)CCOc2ccc(N)cc2)cc1. The Labute approximate surface area is 119 Å². The Bertz CT molecular complexity index is 661. The summed E-state index contributed by atoms with van der Waals surface area (Å²) in [4.78, 5) is 0.323. The minimum Gasteiger partial charge on any atom is -0.493 e. The maximum atomic E-state index is 12.1. The fourth-order valence-electron chi connectivity index (χ4n) is 1.70. The van der Waals surface area contributed by atoms with Crippen molar-refractivity contribution in [1.29, 1.82) is 0 Å². The average Bonchev–Trinajstić information content (AvgIpc) is 2.41. The van der Waals surface area contributed by atoms with E-state index in [1.165, 1.54) is 0 Å². The lowest BCUT2D eigenvalue weighted by atomic mass is 10.2. The molecule has 0 aliphatic carbocycles. The van der Waals surface area contributed by atoms with E-state index >= 15 is 0 Å². The van der Waals surface area contributed by atoms with E-state index in [4.69, 9.17) is 10.5 Å². The van der Waals surface area contributed by atoms with Gasteiger partial charge in [-0.05, 0) is 43.3 Å². The maximum Gasteiger partial charge on any atom is 0.181 e. The highest BCUT2D eigenvalue weighted by molar-refractivity contribution is 7.91. The van der Waals surface area contributed by atoms with E-state index in [1.807, 2.05) is 6.92 Å². The summed E-state index contributed by atoms with van der Waals surface area (Å²) in [6.45, 7) is 2.03. The van der Waals surface area contributed by atoms with Gasteiger partial charge in [-0.1, -0.05) is 17.7 Å². The monoisotopic (exact) mass is 291 g/mol. The Morgan fingerprint density at radius 1 is 1.00 bits per heavy atom. The molecule has 2 N–H and O–H groups in total. The summed E-state index contributed by atoms with van der Waals surface area (Å²) in [5.74, 6) is 0.554. The second kappa shape index (κ2) is 5.96. The van der Waals surface area contributed by atoms with Gasteiger partial charge in [0.05, 0.1) is 10.6 Å². The molecule has 0 atom stereocenters. The Hall–Kier alpha value is -2.01. The van der Waals surface area contributed by atoms with Crippen molar-refractivity contribution >= 4 is 15.5 Å². The van der Waals surface area contributed by atoms with Crippen LogP contribution in [0.2, 0.25) is 0 Å². The van der Waals surface area contributed by atoms with Crippen LogP contribution in [0, 0.1) is 6.92 Å². The minimum atomic E-state index is -3.31. The molecule has 20 heavy (non-hydrogen) atoms. The Morgan fingerprint density at radius 2 is 1.60 bits per heavy atom. The highest BCUT2D eigenvalue weighted by Crippen LogP contribution is 2.15. The van der Waals surface area contributed by atoms with Crippen molar-refractivity contribution in [2.24, 2.45) is 0 Å². The second-order valence-corrected chi connectivity index (χ2v) is 6.66. The zero-order chi connectivity index (χ0) is 14.6. The number of benzene rings is 2. The summed E-state index contributed by atoms with van der Waals surface area (Å²) in [5.41, 5.74) is 7.23. The van der Waals surface area contributed by atoms with Crippen LogP contribution in [0.4, 0.5) is 5.69 Å². The number of nitrogen functional groups attached to an aromatic ring is 1. The molecular formula is C15H17NO3S. The van der Waals surface area contributed by atoms with Crippen LogP contribution in [-0.4, -0.2) is 20.8 Å². The molecule has 0 radical (unpaired) electrons. The molecule has 0 saturated carbocycles. The first-order valence-electron chi connectivity index (χ1n) is 6.25. The van der Waals surface area contributed by atoms with E-state index in [9.17, 15) is 8.42 Å². The molecule has 0 unspecified atom stereocenters. The third-order valence-electron chi connectivity index (χ3n) is 2.88. The molecule has 0 aliphatic heterocycles. The molecular weight excluding hydrogens is 274 g/mol. The fourth-order valence-corrected chi connectivity index (χ4v) is 2.79. The highest BCUT2D eigenvalue weighted by atomic mass is 32.2. The lowest BCUT2D eigenvalue weighted by Gasteiger charge is -2.07. The molecule has 0 amide bonds. The molecule has 2 aromatic rings. The predicted octanol–water partition coefficient (Wildman–Crippen LogP) is 2.43. The predicted molar refractivity (Wildman–Crippen MR) is 79.6 cm³/mol. The van der Waals surface area contributed by atoms with Gasteiger partial charge in [-0.15, -0.1) is 0 Å². The summed E-state index contributed by atoms with van der Waals surface area (Å²) < 4.78 is 29.6. The van der Waals surface area contributed by atoms with E-state index in [0.717, 1.165) is 5.56 Å². The molecule has 0 fully saturated rings. The van der Waals surface area contributed by atoms with Gasteiger partial charge in [-0.25, -0.2) is 8.42 Å². The molecule has 0 aliphatic rings. The highest BCUT2D eigenvalue weighted by Gasteiger charge is 2.14. The fraction of sp³-hybridized carbons (Fsp3) is 0.200. The van der Waals surface area contributed by atoms with Crippen molar-refractivity contribution in [2.75, 3.05) is 18.1 Å². The second-order valence-electron chi connectivity index (χ2n) is 4.55. The molecule has 2 aromatic carbocycles. The number of sulfone groups is 1. The zero-order valence-electron chi connectivity index (χ0n) is 11.2. The van der Waals surface area contributed by atoms with Crippen LogP contribution in [0.25, 0.3) is 0 Å². The smallest absolute Gasteiger partial charge is 0.181 e. The molecule has 106 valence electrons. The van der Waals surface area contributed by atoms with Crippen LogP contribution < -0.4 is 10.5 Å². The first-order chi connectivity index (χ1) is 9.47. The topological polar surface area (TPSA) is 69.4 Å². The van der Waals surface area contributed by atoms with Crippen LogP contribution in [-0.2, 0) is 9.84 Å². The normalized spacial score (nSPS) is 11.2. The molecule has 0 spiro atoms. The lowest BCUT2D eigenvalue weighted by Crippen LogP contribution is -2.14. The van der Waals surface area contributed by atoms with Gasteiger partial charge in [0.2, 0.25) is 0 Å². The van der Waals surface area contributed by atoms with Crippen molar-refractivity contribution in [1.82, 2.24) is 0 Å². The molecule has 0 heterocycles. The average molecular weight is 291 g/mol. The lowest BCUT2D eigenvalue weighted by molar-refractivity contribution is 0.341. The molecule has 4 nitrogen and oxygen atoms in total. The van der Waals surface area contributed by atoms with E-state index in [1.54, 1.807) is 48.5 Å². The van der Waals surface area contributed by atoms with Gasteiger partial charge in [-0.2, -0.15) is 0 Å². The molecule has 2 rings (SSSR count). The Kier molecular flexibility index (Phi) is 4.29. The third-order valence-corrected chi connectivity index (χ3v) is 4.58. The molecule has 0 saturated heterocycles. The molecule has 5 heteroatoms. The van der Waals surface area contributed by atoms with E-state index in [-0.39, 0.29) is 12.4 Å². The van der Waals surface area contributed by atoms with Gasteiger partial charge >= 0.3 is 0 Å². The standard InChI is InChI=1S/C15H17NO3S/c1-12-2-8-15(9-3-12)20(17,18)11-10-19-14-6-4-13(16)5-7-14/h2-9H,10-11,16H2,1H3. The molecule has 0 aromatic heterocycles. The van der Waals surface area contributed by atoms with Crippen molar-refractivity contribution in [2.45, 2.75) is 11.8 Å². The summed E-state index contributed by atoms with van der Waals surface area (Å²) in [6.07, 6.45) is 0. The van der Waals surface area contributed by atoms with Gasteiger partial charge in [0, 0.05) is 5.69 Å². The minimum absolute atomic E-state index is 0.0551. The Morgan fingerprint density at radius 3 is 2.20 bits per heavy atom. The van der Waals surface area contributed by atoms with E-state index in [0.29, 0.717) is 16.3 Å². The van der Waals surface area contributed by atoms with Gasteiger partial charge < -0.3 is 10.5 Å². The summed E-state index contributed by atoms with van der Waals surface area (Å²) in [6, 6.07) is 13.7. The Balaban J connectivity index is 1.96.